The van der Waals surface area contributed by atoms with E-state index in [1.54, 1.807) is 40.1 Å². The van der Waals surface area contributed by atoms with Crippen molar-refractivity contribution in [2.24, 2.45) is 0 Å². The molecule has 0 aliphatic rings. The third-order valence-corrected chi connectivity index (χ3v) is 26.5. The topological polar surface area (TPSA) is 57.8 Å². The Balaban J connectivity index is 0.950. The van der Waals surface area contributed by atoms with E-state index in [1.807, 2.05) is 66.7 Å². The van der Waals surface area contributed by atoms with E-state index in [2.05, 4.69) is 250 Å². The molecule has 0 saturated heterocycles. The minimum atomic E-state index is -0.689. The molecule has 7 nitrogen and oxygen atoms in total. The zero-order chi connectivity index (χ0) is 84.9. The maximum atomic E-state index is 10.3. The van der Waals surface area contributed by atoms with E-state index in [9.17, 15) is 17.5 Å². The summed E-state index contributed by atoms with van der Waals surface area (Å²) in [5.41, 5.74) is 15.3. The molecule has 24 aromatic rings. The molecule has 538 valence electrons. The molecule has 0 spiro atoms. The van der Waals surface area contributed by atoms with Crippen LogP contribution in [0.5, 0.6) is 0 Å². The molecule has 0 aliphatic carbocycles. The second kappa shape index (κ2) is 26.2. The van der Waals surface area contributed by atoms with Gasteiger partial charge in [0, 0.05) is 110 Å². The zero-order valence-electron chi connectivity index (χ0n) is 71.3. The Kier molecular flexibility index (Phi) is 12.8. The van der Waals surface area contributed by atoms with Gasteiger partial charge in [-0.2, -0.15) is 0 Å². The molecule has 24 rings (SSSR count). The van der Waals surface area contributed by atoms with Crippen LogP contribution in [0.25, 0.3) is 238 Å². The first-order valence-corrected chi connectivity index (χ1v) is 40.6. The number of hydrogen-bond acceptors (Lipinski definition) is 6. The summed E-state index contributed by atoms with van der Waals surface area (Å²) >= 11 is 5.14. The van der Waals surface area contributed by atoms with Gasteiger partial charge in [-0.15, -0.1) is 34.0 Å². The zero-order valence-corrected chi connectivity index (χ0v) is 63.7. The Hall–Kier alpha value is -14.7. The van der Waals surface area contributed by atoms with Crippen LogP contribution in [-0.2, 0) is 0 Å². The van der Waals surface area contributed by atoms with Crippen LogP contribution >= 0.6 is 34.0 Å². The minimum absolute atomic E-state index is 0.0971. The maximum absolute atomic E-state index is 10.3. The summed E-state index contributed by atoms with van der Waals surface area (Å²) in [6, 6.07) is 102. The van der Waals surface area contributed by atoms with Crippen molar-refractivity contribution >= 4 is 166 Å². The molecule has 7 heterocycles. The Labute approximate surface area is 691 Å². The van der Waals surface area contributed by atoms with Crippen LogP contribution in [0.4, 0.5) is 5.69 Å². The lowest BCUT2D eigenvalue weighted by molar-refractivity contribution is 1.04. The molecule has 0 amide bonds. The number of nitrogens with zero attached hydrogens (tertiary/aromatic N) is 7. The number of rotatable bonds is 11. The molecule has 17 aromatic carbocycles. The number of aromatic nitrogens is 6. The summed E-state index contributed by atoms with van der Waals surface area (Å²) < 4.78 is 107. The van der Waals surface area contributed by atoms with Gasteiger partial charge in [0.15, 0.2) is 17.5 Å². The monoisotopic (exact) mass is 1540 g/mol. The first-order valence-electron chi connectivity index (χ1n) is 43.2. The first kappa shape index (κ1) is 56.5. The smallest absolute Gasteiger partial charge is 0.213 e. The molecule has 0 radical (unpaired) electrons. The van der Waals surface area contributed by atoms with Crippen molar-refractivity contribution in [2.45, 2.75) is 0 Å². The molecule has 0 aliphatic heterocycles. The normalized spacial score (nSPS) is 13.2. The van der Waals surface area contributed by atoms with E-state index >= 15 is 0 Å². The Morgan fingerprint density at radius 3 is 0.966 bits per heavy atom. The fourth-order valence-electron chi connectivity index (χ4n) is 17.7. The number of thiophene rings is 3. The van der Waals surface area contributed by atoms with E-state index in [-0.39, 0.29) is 17.1 Å². The summed E-state index contributed by atoms with van der Waals surface area (Å²) in [6.45, 7) is 10.3. The highest BCUT2D eigenvalue weighted by atomic mass is 32.1. The molecular formula is C106H61N7S3. The van der Waals surface area contributed by atoms with Crippen LogP contribution in [0.15, 0.2) is 370 Å². The van der Waals surface area contributed by atoms with E-state index in [0.29, 0.717) is 22.6 Å². The van der Waals surface area contributed by atoms with Crippen LogP contribution < -0.4 is 0 Å². The van der Waals surface area contributed by atoms with Crippen molar-refractivity contribution in [1.82, 2.24) is 28.7 Å². The van der Waals surface area contributed by atoms with Crippen molar-refractivity contribution in [1.29, 1.82) is 0 Å². The average molecular weight is 1540 g/mol. The average Bonchev–Trinajstić information content (AvgIpc) is 1.53. The van der Waals surface area contributed by atoms with E-state index in [1.165, 1.54) is 0 Å². The quantitative estimate of drug-likeness (QED) is 0.121. The SMILES string of the molecule is [2H]c1c([2H])c([2H])c(-c2nc(-c3cc([N+]#[C-])c(-n4c5ccc(-c6ccccc6)cc5c5c6sc7ccc(-c8ccccc8)cc7c6ccc54)c(-n4c5ccc(-c6ccccc6)cc5c5c6sc7ccccc7c6ccc54)c3-n3c4ccc(-c5ccccc5)cc4c4c5sc6ccc(-c7ccccc7)cc6c5ccc43)nc(-c3c([2H])c([2H])c([2H])c([2H])c3[2H])n2)c([2H])c1[2H]. The fourth-order valence-corrected chi connectivity index (χ4v) is 21.5. The van der Waals surface area contributed by atoms with E-state index in [4.69, 9.17) is 22.5 Å². The van der Waals surface area contributed by atoms with Gasteiger partial charge in [-0.1, -0.05) is 279 Å². The van der Waals surface area contributed by atoms with E-state index < -0.39 is 83.2 Å². The minimum Gasteiger partial charge on any atom is -0.317 e. The second-order valence-electron chi connectivity index (χ2n) is 29.2. The molecule has 10 heteroatoms. The summed E-state index contributed by atoms with van der Waals surface area (Å²) in [4.78, 5) is 20.6. The van der Waals surface area contributed by atoms with Gasteiger partial charge in [0.2, 0.25) is 5.69 Å². The predicted octanol–water partition coefficient (Wildman–Crippen LogP) is 30.2. The van der Waals surface area contributed by atoms with Gasteiger partial charge in [0.05, 0.1) is 70.4 Å². The van der Waals surface area contributed by atoms with Crippen LogP contribution in [0.3, 0.4) is 0 Å². The Morgan fingerprint density at radius 1 is 0.250 bits per heavy atom. The lowest BCUT2D eigenvalue weighted by Crippen LogP contribution is -2.12. The third kappa shape index (κ3) is 10.2. The van der Waals surface area contributed by atoms with Crippen molar-refractivity contribution in [3.63, 3.8) is 0 Å². The number of hydrogen-bond donors (Lipinski definition) is 0. The summed E-state index contributed by atoms with van der Waals surface area (Å²) in [7, 11) is 0. The largest absolute Gasteiger partial charge is 0.317 e. The van der Waals surface area contributed by atoms with Crippen molar-refractivity contribution < 1.29 is 13.7 Å². The van der Waals surface area contributed by atoms with Gasteiger partial charge < -0.3 is 13.7 Å². The standard InChI is InChI=1S/C106H61N7S3/c1-107-85-62-84(106-109-104(68-35-19-7-20-36-68)108-105(110-106)69-37-21-8-22-38-69)98(111-86-49-41-70(63-25-9-2-10-26-63)59-81(86)95-89(111)53-47-77-79-57-73(66-31-15-5-16-32-66)44-55-93(79)115-102(77)95)100(113-88-51-43-72(65-29-13-4-14-30-65)61-83(88)97-91(113)52-46-76-75-39-23-24-40-92(75)114-101(76)97)99(85)112-87-50-42-71(64-27-11-3-12-28-64)60-82(87)96-90(112)54-48-78-80-58-74(67-33-17-6-18-34-67)45-56-94(80)116-103(78)96/h2-62H/i7D,8D,19D,20D,21D,22D,35D,36D,37D,38D. The molecule has 0 unspecified atom stereocenters. The lowest BCUT2D eigenvalue weighted by Gasteiger charge is -2.26. The second-order valence-corrected chi connectivity index (χ2v) is 32.3. The Morgan fingerprint density at radius 2 is 0.569 bits per heavy atom. The maximum Gasteiger partial charge on any atom is 0.213 e. The van der Waals surface area contributed by atoms with Gasteiger partial charge in [0.25, 0.3) is 0 Å². The van der Waals surface area contributed by atoms with E-state index in [0.717, 1.165) is 176 Å². The third-order valence-electron chi connectivity index (χ3n) is 22.9. The summed E-state index contributed by atoms with van der Waals surface area (Å²) in [5, 5.41) is 11.8. The summed E-state index contributed by atoms with van der Waals surface area (Å²) in [6.07, 6.45) is 0. The summed E-state index contributed by atoms with van der Waals surface area (Å²) in [5.74, 6) is -1.16. The Bertz CT molecular complexity index is 8780. The van der Waals surface area contributed by atoms with Crippen LogP contribution in [0, 0.1) is 6.57 Å². The van der Waals surface area contributed by atoms with Gasteiger partial charge in [0.1, 0.15) is 0 Å². The highest BCUT2D eigenvalue weighted by Gasteiger charge is 2.34. The molecule has 7 aromatic heterocycles. The first-order chi connectivity index (χ1) is 61.6. The van der Waals surface area contributed by atoms with Crippen molar-refractivity contribution in [3.05, 3.63) is 381 Å². The lowest BCUT2D eigenvalue weighted by atomic mass is 10.0. The fraction of sp³-hybridized carbons (Fsp3) is 0. The molecule has 0 bridgehead atoms. The molecule has 0 atom stereocenters. The predicted molar refractivity (Wildman–Crippen MR) is 491 cm³/mol. The van der Waals surface area contributed by atoms with Gasteiger partial charge in [-0.25, -0.2) is 19.8 Å². The number of benzene rings is 17. The van der Waals surface area contributed by atoms with Crippen LogP contribution in [0.1, 0.15) is 13.7 Å². The molecule has 0 fully saturated rings. The molecular weight excluding hydrogens is 1470 g/mol. The highest BCUT2D eigenvalue weighted by molar-refractivity contribution is 7.27. The van der Waals surface area contributed by atoms with Gasteiger partial charge in [-0.3, -0.25) is 0 Å². The van der Waals surface area contributed by atoms with Crippen LogP contribution in [0.2, 0.25) is 0 Å². The number of fused-ring (bicyclic) bond motifs is 21. The van der Waals surface area contributed by atoms with Gasteiger partial charge >= 0.3 is 0 Å². The van der Waals surface area contributed by atoms with Gasteiger partial charge in [-0.05, 0) is 147 Å². The molecule has 0 N–H and O–H groups in total. The molecule has 0 saturated carbocycles. The van der Waals surface area contributed by atoms with Crippen molar-refractivity contribution in [3.8, 4) is 107 Å². The molecule has 116 heavy (non-hydrogen) atoms. The van der Waals surface area contributed by atoms with Crippen molar-refractivity contribution in [2.75, 3.05) is 0 Å². The van der Waals surface area contributed by atoms with Crippen LogP contribution in [-0.4, -0.2) is 28.7 Å². The highest BCUT2D eigenvalue weighted by Crippen LogP contribution is 2.55.